The summed E-state index contributed by atoms with van der Waals surface area (Å²) in [5.41, 5.74) is 6.69. The lowest BCUT2D eigenvalue weighted by molar-refractivity contribution is -0.209. The fraction of sp³-hybridized carbons (Fsp3) is 0.619. The van der Waals surface area contributed by atoms with E-state index in [4.69, 9.17) is 21.8 Å². The second-order valence-electron chi connectivity index (χ2n) is 8.16. The van der Waals surface area contributed by atoms with E-state index in [2.05, 4.69) is 4.85 Å². The predicted octanol–water partition coefficient (Wildman–Crippen LogP) is 4.17. The second-order valence-corrected chi connectivity index (χ2v) is 8.16. The Morgan fingerprint density at radius 1 is 1.36 bits per heavy atom. The van der Waals surface area contributed by atoms with Crippen molar-refractivity contribution >= 4 is 11.7 Å². The molecule has 5 atom stereocenters. The molecule has 0 amide bonds. The molecule has 2 aliphatic carbocycles. The van der Waals surface area contributed by atoms with Gasteiger partial charge in [0.05, 0.1) is 19.3 Å². The van der Waals surface area contributed by atoms with Crippen molar-refractivity contribution in [3.05, 3.63) is 40.7 Å². The van der Waals surface area contributed by atoms with Gasteiger partial charge in [-0.05, 0) is 49.1 Å². The molecular weight excluding hydrogens is 366 g/mol. The van der Waals surface area contributed by atoms with Gasteiger partial charge in [-0.2, -0.15) is 8.78 Å². The highest BCUT2D eigenvalue weighted by atomic mass is 19.3. The van der Waals surface area contributed by atoms with Crippen LogP contribution in [0.15, 0.2) is 18.2 Å². The minimum Gasteiger partial charge on any atom is -0.464 e. The van der Waals surface area contributed by atoms with Crippen molar-refractivity contribution in [1.29, 1.82) is 0 Å². The van der Waals surface area contributed by atoms with Gasteiger partial charge in [0.1, 0.15) is 5.54 Å². The molecule has 2 N–H and O–H groups in total. The maximum Gasteiger partial charge on any atom is 0.345 e. The van der Waals surface area contributed by atoms with Gasteiger partial charge in [-0.25, -0.2) is 9.64 Å². The third-order valence-electron chi connectivity index (χ3n) is 6.42. The van der Waals surface area contributed by atoms with Crippen LogP contribution < -0.4 is 5.73 Å². The van der Waals surface area contributed by atoms with Gasteiger partial charge in [-0.15, -0.1) is 0 Å². The number of carbonyl (C=O) groups excluding carboxylic acids is 1. The highest BCUT2D eigenvalue weighted by Gasteiger charge is 2.63. The molecule has 0 aromatic heterocycles. The van der Waals surface area contributed by atoms with E-state index in [9.17, 15) is 13.6 Å². The van der Waals surface area contributed by atoms with Crippen LogP contribution in [0.4, 0.5) is 14.5 Å². The molecule has 0 heterocycles. The van der Waals surface area contributed by atoms with E-state index in [1.165, 1.54) is 0 Å². The number of halogens is 2. The lowest BCUT2D eigenvalue weighted by atomic mass is 9.56. The fourth-order valence-electron chi connectivity index (χ4n) is 5.48. The summed E-state index contributed by atoms with van der Waals surface area (Å²) in [5, 5.41) is 0. The van der Waals surface area contributed by atoms with Gasteiger partial charge in [0.25, 0.3) is 0 Å². The summed E-state index contributed by atoms with van der Waals surface area (Å²) in [4.78, 5) is 16.6. The number of alkyl halides is 2. The Kier molecular flexibility index (Phi) is 5.48. The molecule has 2 aliphatic rings. The van der Waals surface area contributed by atoms with Gasteiger partial charge < -0.3 is 15.2 Å². The van der Waals surface area contributed by atoms with Crippen molar-refractivity contribution in [2.75, 3.05) is 6.61 Å². The Bertz CT molecular complexity index is 795. The number of rotatable bonds is 4. The van der Waals surface area contributed by atoms with Crippen molar-refractivity contribution in [2.24, 2.45) is 23.0 Å². The van der Waals surface area contributed by atoms with Crippen molar-refractivity contribution in [3.63, 3.8) is 0 Å². The van der Waals surface area contributed by atoms with Gasteiger partial charge >= 0.3 is 12.6 Å². The minimum atomic E-state index is -2.83. The Labute approximate surface area is 164 Å². The van der Waals surface area contributed by atoms with Gasteiger partial charge in [0.2, 0.25) is 0 Å². The predicted molar refractivity (Wildman–Crippen MR) is 99.8 cm³/mol. The maximum absolute atomic E-state index is 13.1. The molecule has 1 aromatic carbocycles. The maximum atomic E-state index is 13.1. The minimum absolute atomic E-state index is 0.188. The first kappa shape index (κ1) is 20.7. The Balaban J connectivity index is 2.07. The second kappa shape index (κ2) is 7.41. The lowest BCUT2D eigenvalue weighted by Gasteiger charge is -2.51. The molecule has 3 rings (SSSR count). The average Bonchev–Trinajstić information content (AvgIpc) is 2.87. The first-order chi connectivity index (χ1) is 13.2. The third kappa shape index (κ3) is 3.09. The summed E-state index contributed by atoms with van der Waals surface area (Å²) in [6, 6.07) is 5.23. The number of fused-ring (bicyclic) bond motifs is 1. The Hall–Kier alpha value is -2.04. The fourth-order valence-corrected chi connectivity index (χ4v) is 5.48. The monoisotopic (exact) mass is 392 g/mol. The summed E-state index contributed by atoms with van der Waals surface area (Å²) in [6.07, 6.45) is 0.879. The van der Waals surface area contributed by atoms with Gasteiger partial charge in [0, 0.05) is 5.41 Å². The zero-order valence-electron chi connectivity index (χ0n) is 16.4. The Morgan fingerprint density at radius 2 is 2.00 bits per heavy atom. The number of ether oxygens (including phenoxy) is 2. The number of hydrogen-bond acceptors (Lipinski definition) is 4. The van der Waals surface area contributed by atoms with Gasteiger partial charge in [-0.1, -0.05) is 32.0 Å². The van der Waals surface area contributed by atoms with E-state index in [1.807, 2.05) is 19.9 Å². The standard InChI is InChI=1S/C21H26F2N2O3/c1-5-27-18(26)21(24)16-8-15(25-4)7-6-14(16)11-20(21)9-12(2)17(13(3)10-20)28-19(22)23/h6-8,12-13,17,19H,5,9-11,24H2,1-3H3/t12-,13+,17?,20?,21-/m1/s1. The molecule has 152 valence electrons. The smallest absolute Gasteiger partial charge is 0.345 e. The molecular formula is C21H26F2N2O3. The summed E-state index contributed by atoms with van der Waals surface area (Å²) in [6.45, 7) is 10.1. The topological polar surface area (TPSA) is 65.9 Å². The molecule has 0 aliphatic heterocycles. The number of esters is 1. The summed E-state index contributed by atoms with van der Waals surface area (Å²) in [7, 11) is 0. The van der Waals surface area contributed by atoms with Crippen LogP contribution in [0, 0.1) is 23.8 Å². The normalized spacial score (nSPS) is 34.3. The molecule has 1 spiro atoms. The van der Waals surface area contributed by atoms with E-state index in [0.717, 1.165) is 5.56 Å². The molecule has 1 aromatic rings. The number of nitrogens with zero attached hydrogens (tertiary/aromatic N) is 1. The first-order valence-electron chi connectivity index (χ1n) is 9.59. The largest absolute Gasteiger partial charge is 0.464 e. The van der Waals surface area contributed by atoms with Crippen LogP contribution in [0.1, 0.15) is 44.7 Å². The van der Waals surface area contributed by atoms with Crippen molar-refractivity contribution < 1.29 is 23.0 Å². The van der Waals surface area contributed by atoms with E-state index >= 15 is 0 Å². The average molecular weight is 392 g/mol. The molecule has 0 radical (unpaired) electrons. The number of carbonyl (C=O) groups is 1. The van der Waals surface area contributed by atoms with Crippen LogP contribution in [-0.4, -0.2) is 25.3 Å². The van der Waals surface area contributed by atoms with Crippen LogP contribution in [-0.2, 0) is 26.2 Å². The van der Waals surface area contributed by atoms with Crippen molar-refractivity contribution in [1.82, 2.24) is 0 Å². The van der Waals surface area contributed by atoms with Gasteiger partial charge in [-0.3, -0.25) is 0 Å². The van der Waals surface area contributed by atoms with E-state index in [0.29, 0.717) is 30.5 Å². The number of hydrogen-bond donors (Lipinski definition) is 1. The molecule has 5 nitrogen and oxygen atoms in total. The van der Waals surface area contributed by atoms with E-state index in [-0.39, 0.29) is 18.4 Å². The molecule has 0 bridgehead atoms. The summed E-state index contributed by atoms with van der Waals surface area (Å²) >= 11 is 0. The molecule has 28 heavy (non-hydrogen) atoms. The number of nitrogens with two attached hydrogens (primary N) is 1. The zero-order chi connectivity index (χ0) is 20.7. The quantitative estimate of drug-likeness (QED) is 0.617. The van der Waals surface area contributed by atoms with Crippen LogP contribution >= 0.6 is 0 Å². The van der Waals surface area contributed by atoms with Crippen LogP contribution in [0.2, 0.25) is 0 Å². The lowest BCUT2D eigenvalue weighted by Crippen LogP contribution is -2.60. The van der Waals surface area contributed by atoms with Crippen molar-refractivity contribution in [3.8, 4) is 0 Å². The number of benzene rings is 1. The molecule has 1 fully saturated rings. The van der Waals surface area contributed by atoms with Crippen LogP contribution in [0.3, 0.4) is 0 Å². The van der Waals surface area contributed by atoms with Crippen LogP contribution in [0.25, 0.3) is 4.85 Å². The van der Waals surface area contributed by atoms with Crippen LogP contribution in [0.5, 0.6) is 0 Å². The summed E-state index contributed by atoms with van der Waals surface area (Å²) in [5.74, 6) is -0.932. The highest BCUT2D eigenvalue weighted by molar-refractivity contribution is 5.86. The summed E-state index contributed by atoms with van der Waals surface area (Å²) < 4.78 is 36.0. The molecule has 0 saturated heterocycles. The van der Waals surface area contributed by atoms with E-state index < -0.39 is 29.6 Å². The zero-order valence-corrected chi connectivity index (χ0v) is 16.4. The van der Waals surface area contributed by atoms with Crippen molar-refractivity contribution in [2.45, 2.75) is 58.3 Å². The van der Waals surface area contributed by atoms with E-state index in [1.54, 1.807) is 19.1 Å². The van der Waals surface area contributed by atoms with Gasteiger partial charge in [0.15, 0.2) is 5.69 Å². The Morgan fingerprint density at radius 3 is 2.54 bits per heavy atom. The highest BCUT2D eigenvalue weighted by Crippen LogP contribution is 2.59. The molecule has 1 saturated carbocycles. The molecule has 2 unspecified atom stereocenters. The molecule has 7 heteroatoms. The first-order valence-corrected chi connectivity index (χ1v) is 9.59. The SMILES string of the molecule is [C-]#[N+]c1ccc2c(c1)[C@@](N)(C(=O)OCC)C1(C2)C[C@@H](C)C(OC(F)F)[C@@H](C)C1. The third-order valence-corrected chi connectivity index (χ3v) is 6.42.